The van der Waals surface area contributed by atoms with Crippen LogP contribution in [0.4, 0.5) is 10.5 Å². The number of rotatable bonds is 2. The van der Waals surface area contributed by atoms with Crippen molar-refractivity contribution < 1.29 is 4.79 Å². The molecule has 4 heteroatoms. The largest absolute Gasteiger partial charge is 0.322 e. The molecule has 1 saturated heterocycles. The number of anilines is 1. The van der Waals surface area contributed by atoms with Gasteiger partial charge in [0.25, 0.3) is 0 Å². The van der Waals surface area contributed by atoms with Crippen LogP contribution in [0.2, 0.25) is 0 Å². The fraction of sp³-hybridized carbons (Fsp3) is 0.533. The van der Waals surface area contributed by atoms with Gasteiger partial charge < -0.3 is 10.2 Å². The third-order valence-corrected chi connectivity index (χ3v) is 4.64. The van der Waals surface area contributed by atoms with Crippen molar-refractivity contribution in [3.8, 4) is 0 Å². The van der Waals surface area contributed by atoms with Gasteiger partial charge in [-0.3, -0.25) is 0 Å². The number of hydrogen-bond donors (Lipinski definition) is 1. The highest BCUT2D eigenvalue weighted by molar-refractivity contribution is 9.10. The summed E-state index contributed by atoms with van der Waals surface area (Å²) in [5, 5.41) is 3.00. The van der Waals surface area contributed by atoms with Crippen molar-refractivity contribution >= 4 is 27.6 Å². The van der Waals surface area contributed by atoms with Gasteiger partial charge in [-0.2, -0.15) is 0 Å². The second-order valence-electron chi connectivity index (χ2n) is 5.15. The minimum atomic E-state index is 0.0299. The molecule has 1 unspecified atom stereocenters. The first kappa shape index (κ1) is 14.4. The number of benzene rings is 1. The number of carbonyl (C=O) groups is 1. The lowest BCUT2D eigenvalue weighted by atomic mass is 10.0. The second kappa shape index (κ2) is 6.42. The number of nitrogens with zero attached hydrogens (tertiary/aromatic N) is 1. The molecule has 1 aliphatic rings. The van der Waals surface area contributed by atoms with E-state index in [0.29, 0.717) is 6.04 Å². The van der Waals surface area contributed by atoms with Crippen LogP contribution in [0.3, 0.4) is 0 Å². The highest BCUT2D eigenvalue weighted by Gasteiger charge is 2.25. The molecule has 104 valence electrons. The number of aryl methyl sites for hydroxylation is 1. The van der Waals surface area contributed by atoms with E-state index in [-0.39, 0.29) is 6.03 Å². The van der Waals surface area contributed by atoms with Crippen molar-refractivity contribution in [1.29, 1.82) is 0 Å². The highest BCUT2D eigenvalue weighted by atomic mass is 79.9. The smallest absolute Gasteiger partial charge is 0.322 e. The van der Waals surface area contributed by atoms with Crippen LogP contribution in [0.1, 0.15) is 38.2 Å². The van der Waals surface area contributed by atoms with E-state index >= 15 is 0 Å². The first-order chi connectivity index (χ1) is 9.11. The van der Waals surface area contributed by atoms with Gasteiger partial charge in [0.15, 0.2) is 0 Å². The van der Waals surface area contributed by atoms with Crippen molar-refractivity contribution in [2.75, 3.05) is 11.9 Å². The van der Waals surface area contributed by atoms with Gasteiger partial charge in [0.1, 0.15) is 0 Å². The Morgan fingerprint density at radius 2 is 2.26 bits per heavy atom. The minimum absolute atomic E-state index is 0.0299. The minimum Gasteiger partial charge on any atom is -0.322 e. The molecule has 1 N–H and O–H groups in total. The summed E-state index contributed by atoms with van der Waals surface area (Å²) in [5.41, 5.74) is 2.02. The fourth-order valence-corrected chi connectivity index (χ4v) is 2.94. The third kappa shape index (κ3) is 3.50. The number of halogens is 1. The molecular formula is C15H21BrN2O. The number of likely N-dealkylation sites (tertiary alicyclic amines) is 1. The Morgan fingerprint density at radius 1 is 1.47 bits per heavy atom. The monoisotopic (exact) mass is 324 g/mol. The Labute approximate surface area is 123 Å². The summed E-state index contributed by atoms with van der Waals surface area (Å²) in [6.45, 7) is 5.06. The number of nitrogens with one attached hydrogen (secondary N) is 1. The fourth-order valence-electron chi connectivity index (χ4n) is 2.56. The molecule has 0 aliphatic carbocycles. The summed E-state index contributed by atoms with van der Waals surface area (Å²) in [6, 6.07) is 6.33. The molecule has 0 saturated carbocycles. The van der Waals surface area contributed by atoms with Crippen molar-refractivity contribution in [2.45, 2.75) is 45.6 Å². The van der Waals surface area contributed by atoms with Crippen LogP contribution >= 0.6 is 15.9 Å². The quantitative estimate of drug-likeness (QED) is 0.850. The first-order valence-corrected chi connectivity index (χ1v) is 7.75. The van der Waals surface area contributed by atoms with E-state index in [1.54, 1.807) is 0 Å². The van der Waals surface area contributed by atoms with Crippen LogP contribution in [0.25, 0.3) is 0 Å². The topological polar surface area (TPSA) is 32.3 Å². The van der Waals surface area contributed by atoms with Crippen molar-refractivity contribution in [3.05, 3.63) is 28.2 Å². The number of carbonyl (C=O) groups excluding carboxylic acids is 1. The van der Waals surface area contributed by atoms with Gasteiger partial charge in [0.05, 0.1) is 0 Å². The van der Waals surface area contributed by atoms with Gasteiger partial charge >= 0.3 is 6.03 Å². The molecule has 1 heterocycles. The molecule has 0 radical (unpaired) electrons. The van der Waals surface area contributed by atoms with Crippen LogP contribution in [0, 0.1) is 6.92 Å². The maximum atomic E-state index is 12.3. The van der Waals surface area contributed by atoms with Gasteiger partial charge in [-0.05, 0) is 50.3 Å². The van der Waals surface area contributed by atoms with Gasteiger partial charge in [-0.1, -0.05) is 28.9 Å². The summed E-state index contributed by atoms with van der Waals surface area (Å²) in [5.74, 6) is 0. The Bertz CT molecular complexity index is 461. The van der Waals surface area contributed by atoms with E-state index in [1.165, 1.54) is 12.0 Å². The summed E-state index contributed by atoms with van der Waals surface area (Å²) in [6.07, 6.45) is 4.51. The Hall–Kier alpha value is -1.03. The highest BCUT2D eigenvalue weighted by Crippen LogP contribution is 2.23. The second-order valence-corrected chi connectivity index (χ2v) is 6.00. The molecular weight excluding hydrogens is 304 g/mol. The molecule has 1 aliphatic heterocycles. The maximum Gasteiger partial charge on any atom is 0.322 e. The normalized spacial score (nSPS) is 19.3. The van der Waals surface area contributed by atoms with Crippen molar-refractivity contribution in [3.63, 3.8) is 0 Å². The Balaban J connectivity index is 2.05. The standard InChI is InChI=1S/C15H21BrN2O/c1-3-13-6-4-5-9-18(13)15(19)17-12-8-7-11(2)14(16)10-12/h7-8,10,13H,3-6,9H2,1-2H3,(H,17,19). The van der Waals surface area contributed by atoms with E-state index in [1.807, 2.05) is 30.0 Å². The van der Waals surface area contributed by atoms with Crippen LogP contribution in [-0.2, 0) is 0 Å². The summed E-state index contributed by atoms with van der Waals surface area (Å²) >= 11 is 3.49. The zero-order valence-corrected chi connectivity index (χ0v) is 13.2. The van der Waals surface area contributed by atoms with Crippen LogP contribution in [-0.4, -0.2) is 23.5 Å². The molecule has 1 aromatic carbocycles. The molecule has 3 nitrogen and oxygen atoms in total. The van der Waals surface area contributed by atoms with Crippen LogP contribution < -0.4 is 5.32 Å². The lowest BCUT2D eigenvalue weighted by molar-refractivity contribution is 0.160. The van der Waals surface area contributed by atoms with E-state index in [2.05, 4.69) is 28.2 Å². The molecule has 0 aromatic heterocycles. The summed E-state index contributed by atoms with van der Waals surface area (Å²) < 4.78 is 1.02. The van der Waals surface area contributed by atoms with E-state index in [0.717, 1.165) is 36.0 Å². The first-order valence-electron chi connectivity index (χ1n) is 6.95. The number of piperidine rings is 1. The third-order valence-electron chi connectivity index (χ3n) is 3.78. The average molecular weight is 325 g/mol. The van der Waals surface area contributed by atoms with E-state index < -0.39 is 0 Å². The molecule has 1 atom stereocenters. The van der Waals surface area contributed by atoms with Gasteiger partial charge in [-0.15, -0.1) is 0 Å². The number of hydrogen-bond acceptors (Lipinski definition) is 1. The van der Waals surface area contributed by atoms with Crippen molar-refractivity contribution in [2.24, 2.45) is 0 Å². The lowest BCUT2D eigenvalue weighted by Crippen LogP contribution is -2.45. The molecule has 2 rings (SSSR count). The Morgan fingerprint density at radius 3 is 2.95 bits per heavy atom. The SMILES string of the molecule is CCC1CCCCN1C(=O)Nc1ccc(C)c(Br)c1. The predicted octanol–water partition coefficient (Wildman–Crippen LogP) is 4.55. The van der Waals surface area contributed by atoms with Crippen molar-refractivity contribution in [1.82, 2.24) is 4.90 Å². The van der Waals surface area contributed by atoms with Gasteiger partial charge in [0, 0.05) is 22.7 Å². The molecule has 2 amide bonds. The maximum absolute atomic E-state index is 12.3. The van der Waals surface area contributed by atoms with Crippen LogP contribution in [0.15, 0.2) is 22.7 Å². The average Bonchev–Trinajstić information content (AvgIpc) is 2.43. The predicted molar refractivity (Wildman–Crippen MR) is 82.5 cm³/mol. The Kier molecular flexibility index (Phi) is 4.86. The summed E-state index contributed by atoms with van der Waals surface area (Å²) in [4.78, 5) is 14.3. The molecule has 1 fully saturated rings. The molecule has 1 aromatic rings. The van der Waals surface area contributed by atoms with Crippen LogP contribution in [0.5, 0.6) is 0 Å². The van der Waals surface area contributed by atoms with E-state index in [4.69, 9.17) is 0 Å². The van der Waals surface area contributed by atoms with Gasteiger partial charge in [0.2, 0.25) is 0 Å². The van der Waals surface area contributed by atoms with E-state index in [9.17, 15) is 4.79 Å². The summed E-state index contributed by atoms with van der Waals surface area (Å²) in [7, 11) is 0. The molecule has 19 heavy (non-hydrogen) atoms. The number of amides is 2. The lowest BCUT2D eigenvalue weighted by Gasteiger charge is -2.35. The number of urea groups is 1. The zero-order valence-electron chi connectivity index (χ0n) is 11.6. The molecule has 0 spiro atoms. The molecule has 0 bridgehead atoms. The zero-order chi connectivity index (χ0) is 13.8. The van der Waals surface area contributed by atoms with Gasteiger partial charge in [-0.25, -0.2) is 4.79 Å².